The fraction of sp³-hybridized carbons (Fsp3) is 0.528. The summed E-state index contributed by atoms with van der Waals surface area (Å²) in [6, 6.07) is 13.0. The topological polar surface area (TPSA) is 96.4 Å². The van der Waals surface area contributed by atoms with Gasteiger partial charge in [-0.25, -0.2) is 0 Å². The fourth-order valence-electron chi connectivity index (χ4n) is 7.78. The first-order valence-corrected chi connectivity index (χ1v) is 16.2. The number of rotatable bonds is 16. The maximum Gasteiger partial charge on any atom is 0.312 e. The summed E-state index contributed by atoms with van der Waals surface area (Å²) in [4.78, 5) is 46.4. The Balaban J connectivity index is 1.52. The first-order valence-electron chi connectivity index (χ1n) is 16.2. The van der Waals surface area contributed by atoms with Gasteiger partial charge in [-0.05, 0) is 67.9 Å². The molecule has 0 radical (unpaired) electrons. The number of nitrogens with zero attached hydrogens (tertiary/aromatic N) is 2. The van der Waals surface area contributed by atoms with Crippen LogP contribution in [0.3, 0.4) is 0 Å². The number of carbonyl (C=O) groups is 3. The average Bonchev–Trinajstić information content (AvgIpc) is 3.64. The van der Waals surface area contributed by atoms with Crippen molar-refractivity contribution >= 4 is 34.2 Å². The Labute approximate surface area is 260 Å². The van der Waals surface area contributed by atoms with E-state index < -0.39 is 35.0 Å². The number of benzene rings is 2. The van der Waals surface area contributed by atoms with Crippen LogP contribution in [-0.4, -0.2) is 71.3 Å². The minimum Gasteiger partial charge on any atom is -0.465 e. The molecule has 2 bridgehead atoms. The van der Waals surface area contributed by atoms with Crippen LogP contribution >= 0.6 is 0 Å². The molecule has 44 heavy (non-hydrogen) atoms. The van der Waals surface area contributed by atoms with Gasteiger partial charge in [-0.2, -0.15) is 0 Å². The van der Waals surface area contributed by atoms with Crippen molar-refractivity contribution in [1.82, 2.24) is 4.90 Å². The Morgan fingerprint density at radius 1 is 1.07 bits per heavy atom. The largest absolute Gasteiger partial charge is 0.465 e. The van der Waals surface area contributed by atoms with Gasteiger partial charge >= 0.3 is 5.97 Å². The first kappa shape index (κ1) is 31.9. The van der Waals surface area contributed by atoms with Crippen molar-refractivity contribution in [3.63, 3.8) is 0 Å². The van der Waals surface area contributed by atoms with E-state index >= 15 is 0 Å². The zero-order valence-electron chi connectivity index (χ0n) is 25.9. The number of likely N-dealkylation sites (tertiary alicyclic amines) is 1. The van der Waals surface area contributed by atoms with Crippen molar-refractivity contribution in [2.75, 3.05) is 31.2 Å². The second-order valence-electron chi connectivity index (χ2n) is 12.4. The maximum absolute atomic E-state index is 14.8. The highest BCUT2D eigenvalue weighted by atomic mass is 16.6. The molecular formula is C36H46N2O6. The van der Waals surface area contributed by atoms with Crippen molar-refractivity contribution in [1.29, 1.82) is 0 Å². The van der Waals surface area contributed by atoms with Crippen molar-refractivity contribution in [2.45, 2.75) is 82.0 Å². The van der Waals surface area contributed by atoms with Crippen molar-refractivity contribution in [3.8, 4) is 0 Å². The van der Waals surface area contributed by atoms with Gasteiger partial charge in [0.2, 0.25) is 5.91 Å². The lowest BCUT2D eigenvalue weighted by molar-refractivity contribution is -0.161. The van der Waals surface area contributed by atoms with Gasteiger partial charge in [-0.1, -0.05) is 62.2 Å². The number of hydrogen-bond donors (Lipinski definition) is 1. The summed E-state index contributed by atoms with van der Waals surface area (Å²) in [7, 11) is 0. The zero-order chi connectivity index (χ0) is 31.3. The van der Waals surface area contributed by atoms with E-state index in [1.165, 1.54) is 0 Å². The van der Waals surface area contributed by atoms with Gasteiger partial charge in [0.1, 0.15) is 17.6 Å². The number of aliphatic hydroxyl groups is 1. The van der Waals surface area contributed by atoms with Gasteiger partial charge < -0.3 is 24.4 Å². The monoisotopic (exact) mass is 602 g/mol. The molecule has 0 aromatic heterocycles. The summed E-state index contributed by atoms with van der Waals surface area (Å²) in [5.41, 5.74) is -1.23. The van der Waals surface area contributed by atoms with Gasteiger partial charge in [0, 0.05) is 25.4 Å². The lowest BCUT2D eigenvalue weighted by atomic mass is 9.65. The molecule has 3 aliphatic heterocycles. The summed E-state index contributed by atoms with van der Waals surface area (Å²) >= 11 is 0. The van der Waals surface area contributed by atoms with Crippen molar-refractivity contribution in [2.24, 2.45) is 11.8 Å². The predicted octanol–water partition coefficient (Wildman–Crippen LogP) is 5.58. The number of allylic oxidation sites excluding steroid dienone is 1. The molecule has 1 spiro atoms. The highest BCUT2D eigenvalue weighted by Gasteiger charge is 2.79. The average molecular weight is 603 g/mol. The second-order valence-corrected chi connectivity index (χ2v) is 12.4. The number of anilines is 1. The number of hydrogen-bond acceptors (Lipinski definition) is 6. The summed E-state index contributed by atoms with van der Waals surface area (Å²) in [6.07, 6.45) is 9.57. The van der Waals surface area contributed by atoms with E-state index in [0.29, 0.717) is 45.1 Å². The van der Waals surface area contributed by atoms with E-state index in [2.05, 4.69) is 13.2 Å². The first-order chi connectivity index (χ1) is 21.4. The molecule has 5 atom stereocenters. The molecule has 236 valence electrons. The van der Waals surface area contributed by atoms with Crippen LogP contribution in [0.15, 0.2) is 67.8 Å². The third-order valence-corrected chi connectivity index (χ3v) is 9.90. The van der Waals surface area contributed by atoms with Crippen LogP contribution in [-0.2, 0) is 23.9 Å². The second kappa shape index (κ2) is 13.7. The molecule has 2 amide bonds. The van der Waals surface area contributed by atoms with E-state index in [1.54, 1.807) is 22.0 Å². The minimum absolute atomic E-state index is 0.126. The molecule has 0 aliphatic carbocycles. The van der Waals surface area contributed by atoms with Gasteiger partial charge in [0.15, 0.2) is 0 Å². The van der Waals surface area contributed by atoms with Crippen molar-refractivity contribution < 1.29 is 29.0 Å². The highest BCUT2D eigenvalue weighted by Crippen LogP contribution is 2.64. The predicted molar refractivity (Wildman–Crippen MR) is 171 cm³/mol. The lowest BCUT2D eigenvalue weighted by Crippen LogP contribution is -2.56. The Morgan fingerprint density at radius 2 is 1.84 bits per heavy atom. The lowest BCUT2D eigenvalue weighted by Gasteiger charge is -2.37. The van der Waals surface area contributed by atoms with E-state index in [9.17, 15) is 19.5 Å². The number of ether oxygens (including phenoxy) is 2. The number of fused-ring (bicyclic) bond motifs is 2. The number of esters is 1. The molecule has 3 aliphatic rings. The Kier molecular flexibility index (Phi) is 9.90. The van der Waals surface area contributed by atoms with E-state index in [-0.39, 0.29) is 31.6 Å². The summed E-state index contributed by atoms with van der Waals surface area (Å²) < 4.78 is 12.7. The molecular weight excluding hydrogens is 556 g/mol. The maximum atomic E-state index is 14.8. The molecule has 1 N–H and O–H groups in total. The van der Waals surface area contributed by atoms with Crippen LogP contribution in [0.4, 0.5) is 5.69 Å². The molecule has 2 aromatic carbocycles. The minimum atomic E-state index is -1.11. The molecule has 2 aromatic rings. The number of aliphatic hydroxyl groups excluding tert-OH is 1. The number of carbonyl (C=O) groups excluding carboxylic acids is 3. The molecule has 0 saturated carbocycles. The number of unbranched alkanes of at least 4 members (excludes halogenated alkanes) is 4. The number of amides is 2. The van der Waals surface area contributed by atoms with E-state index in [1.807, 2.05) is 49.4 Å². The molecule has 8 heteroatoms. The van der Waals surface area contributed by atoms with Crippen LogP contribution in [0.25, 0.3) is 10.8 Å². The Morgan fingerprint density at radius 3 is 2.57 bits per heavy atom. The van der Waals surface area contributed by atoms with E-state index in [4.69, 9.17) is 9.47 Å². The Bertz CT molecular complexity index is 1390. The third-order valence-electron chi connectivity index (χ3n) is 9.90. The van der Waals surface area contributed by atoms with Gasteiger partial charge in [-0.3, -0.25) is 14.4 Å². The quantitative estimate of drug-likeness (QED) is 0.153. The summed E-state index contributed by atoms with van der Waals surface area (Å²) in [5, 5.41) is 11.3. The molecule has 3 heterocycles. The SMILES string of the molecule is C=CCCCOC(=O)[C@@H]1[C@H]2C(=O)N(CCCCCCO)C(C(=O)N(CC=C)c3ccc4ccccc4c3)C23CC[C@@]1(CC)O3. The Hall–Kier alpha value is -3.49. The van der Waals surface area contributed by atoms with Crippen LogP contribution in [0.1, 0.15) is 64.7 Å². The van der Waals surface area contributed by atoms with Crippen LogP contribution in [0.5, 0.6) is 0 Å². The summed E-state index contributed by atoms with van der Waals surface area (Å²) in [6.45, 7) is 10.7. The third kappa shape index (κ3) is 5.58. The van der Waals surface area contributed by atoms with Crippen molar-refractivity contribution in [3.05, 3.63) is 67.8 Å². The van der Waals surface area contributed by atoms with Gasteiger partial charge in [0.05, 0.1) is 18.1 Å². The van der Waals surface area contributed by atoms with E-state index in [0.717, 1.165) is 35.7 Å². The normalized spacial score (nSPS) is 27.0. The highest BCUT2D eigenvalue weighted by molar-refractivity contribution is 6.05. The smallest absolute Gasteiger partial charge is 0.312 e. The standard InChI is InChI=1S/C36H46N2O6/c1-4-7-14-24-43-34(42)30-29-32(40)38(22-12-8-9-13-23-39)31(36(29)20-19-35(30,6-3)44-36)33(41)37(21-5-2)28-18-17-26-15-10-11-16-27(26)25-28/h4-5,10-11,15-18,25,29-31,39H,1-2,6-9,12-14,19-24H2,3H3/t29-,30-,31?,35+,36?/m0/s1. The van der Waals surface area contributed by atoms with Crippen LogP contribution in [0.2, 0.25) is 0 Å². The molecule has 2 unspecified atom stereocenters. The van der Waals surface area contributed by atoms with Crippen LogP contribution in [0, 0.1) is 11.8 Å². The molecule has 5 rings (SSSR count). The van der Waals surface area contributed by atoms with Gasteiger partial charge in [0.25, 0.3) is 5.91 Å². The fourth-order valence-corrected chi connectivity index (χ4v) is 7.78. The van der Waals surface area contributed by atoms with Gasteiger partial charge in [-0.15, -0.1) is 13.2 Å². The zero-order valence-corrected chi connectivity index (χ0v) is 25.9. The van der Waals surface area contributed by atoms with Crippen LogP contribution < -0.4 is 4.90 Å². The molecule has 8 nitrogen and oxygen atoms in total. The summed E-state index contributed by atoms with van der Waals surface area (Å²) in [5.74, 6) is -2.38. The molecule has 3 saturated heterocycles. The molecule has 3 fully saturated rings.